The van der Waals surface area contributed by atoms with Crippen LogP contribution in [-0.4, -0.2) is 23.6 Å². The fourth-order valence-electron chi connectivity index (χ4n) is 2.99. The third-order valence-electron chi connectivity index (χ3n) is 4.58. The third-order valence-corrected chi connectivity index (χ3v) is 4.58. The van der Waals surface area contributed by atoms with Crippen LogP contribution in [-0.2, 0) is 11.2 Å². The molecule has 6 heteroatoms. The molecular weight excluding hydrogens is 392 g/mol. The molecular formula is C25H24N2O4. The van der Waals surface area contributed by atoms with Gasteiger partial charge in [-0.3, -0.25) is 14.8 Å². The molecule has 0 heterocycles. The minimum absolute atomic E-state index is 0.181. The number of para-hydroxylation sites is 1. The Kier molecular flexibility index (Phi) is 7.97. The van der Waals surface area contributed by atoms with Crippen molar-refractivity contribution < 1.29 is 19.5 Å². The molecule has 0 bridgehead atoms. The Bertz CT molecular complexity index is 1030. The highest BCUT2D eigenvalue weighted by Crippen LogP contribution is 2.18. The van der Waals surface area contributed by atoms with Gasteiger partial charge in [0, 0.05) is 17.3 Å². The van der Waals surface area contributed by atoms with Gasteiger partial charge < -0.3 is 10.1 Å². The first-order chi connectivity index (χ1) is 15.2. The van der Waals surface area contributed by atoms with E-state index in [1.807, 2.05) is 54.6 Å². The minimum Gasteiger partial charge on any atom is -0.494 e. The van der Waals surface area contributed by atoms with Crippen LogP contribution in [0, 0.1) is 0 Å². The summed E-state index contributed by atoms with van der Waals surface area (Å²) in [5, 5.41) is 11.6. The molecule has 0 saturated carbocycles. The van der Waals surface area contributed by atoms with E-state index in [0.717, 1.165) is 29.7 Å². The molecule has 158 valence electrons. The zero-order valence-corrected chi connectivity index (χ0v) is 17.0. The molecule has 0 aliphatic carbocycles. The van der Waals surface area contributed by atoms with E-state index in [9.17, 15) is 9.59 Å². The van der Waals surface area contributed by atoms with Gasteiger partial charge in [0.1, 0.15) is 5.75 Å². The van der Waals surface area contributed by atoms with Crippen molar-refractivity contribution in [2.75, 3.05) is 11.9 Å². The molecule has 0 saturated heterocycles. The van der Waals surface area contributed by atoms with Gasteiger partial charge in [0.2, 0.25) is 5.91 Å². The highest BCUT2D eigenvalue weighted by Gasteiger charge is 2.06. The van der Waals surface area contributed by atoms with Gasteiger partial charge in [-0.2, -0.15) is 0 Å². The predicted octanol–water partition coefficient (Wildman–Crippen LogP) is 4.47. The second kappa shape index (κ2) is 11.3. The van der Waals surface area contributed by atoms with E-state index in [0.29, 0.717) is 17.9 Å². The minimum atomic E-state index is -0.566. The maximum Gasteiger partial charge on any atom is 0.274 e. The normalized spacial score (nSPS) is 10.6. The SMILES string of the molecule is O=C(/C=C/c1ccccc1)Nc1ccccc1CCCOc1ccc(C(=O)NO)cc1. The van der Waals surface area contributed by atoms with Crippen LogP contribution in [0.1, 0.15) is 27.9 Å². The molecule has 6 nitrogen and oxygen atoms in total. The standard InChI is InChI=1S/C25H24N2O4/c28-24(17-12-19-7-2-1-3-8-19)26-23-11-5-4-9-20(23)10-6-18-31-22-15-13-21(14-16-22)25(29)27-30/h1-5,7-9,11-17,30H,6,10,18H2,(H,26,28)(H,27,29)/b17-12+. The lowest BCUT2D eigenvalue weighted by molar-refractivity contribution is -0.111. The molecule has 0 aromatic heterocycles. The van der Waals surface area contributed by atoms with Crippen molar-refractivity contribution in [1.82, 2.24) is 5.48 Å². The Morgan fingerprint density at radius 1 is 0.903 bits per heavy atom. The van der Waals surface area contributed by atoms with Crippen molar-refractivity contribution in [3.8, 4) is 5.75 Å². The van der Waals surface area contributed by atoms with Crippen LogP contribution in [0.5, 0.6) is 5.75 Å². The van der Waals surface area contributed by atoms with Gasteiger partial charge in [-0.1, -0.05) is 48.5 Å². The van der Waals surface area contributed by atoms with Crippen LogP contribution < -0.4 is 15.5 Å². The van der Waals surface area contributed by atoms with Crippen molar-refractivity contribution in [1.29, 1.82) is 0 Å². The van der Waals surface area contributed by atoms with Crippen molar-refractivity contribution in [3.05, 3.63) is 102 Å². The largest absolute Gasteiger partial charge is 0.494 e. The van der Waals surface area contributed by atoms with E-state index in [2.05, 4.69) is 5.32 Å². The number of anilines is 1. The fraction of sp³-hybridized carbons (Fsp3) is 0.120. The number of hydrogen-bond donors (Lipinski definition) is 3. The van der Waals surface area contributed by atoms with Crippen molar-refractivity contribution >= 4 is 23.6 Å². The summed E-state index contributed by atoms with van der Waals surface area (Å²) in [7, 11) is 0. The van der Waals surface area contributed by atoms with Crippen LogP contribution in [0.2, 0.25) is 0 Å². The first kappa shape index (κ1) is 21.8. The van der Waals surface area contributed by atoms with Crippen molar-refractivity contribution in [3.63, 3.8) is 0 Å². The number of rotatable bonds is 9. The Labute approximate surface area is 181 Å². The number of nitrogens with one attached hydrogen (secondary N) is 2. The quantitative estimate of drug-likeness (QED) is 0.208. The Morgan fingerprint density at radius 2 is 1.61 bits per heavy atom. The van der Waals surface area contributed by atoms with Crippen LogP contribution in [0.3, 0.4) is 0 Å². The first-order valence-electron chi connectivity index (χ1n) is 9.95. The summed E-state index contributed by atoms with van der Waals surface area (Å²) in [5.41, 5.74) is 4.72. The molecule has 3 N–H and O–H groups in total. The third kappa shape index (κ3) is 6.83. The Hall–Kier alpha value is -3.90. The average Bonchev–Trinajstić information content (AvgIpc) is 2.82. The number of ether oxygens (including phenoxy) is 1. The molecule has 0 spiro atoms. The van der Waals surface area contributed by atoms with Gasteiger partial charge in [-0.15, -0.1) is 0 Å². The monoisotopic (exact) mass is 416 g/mol. The Morgan fingerprint density at radius 3 is 2.35 bits per heavy atom. The molecule has 0 fully saturated rings. The topological polar surface area (TPSA) is 87.7 Å². The second-order valence-electron chi connectivity index (χ2n) is 6.81. The summed E-state index contributed by atoms with van der Waals surface area (Å²) in [6.07, 6.45) is 4.80. The molecule has 0 aliphatic heterocycles. The molecule has 3 aromatic rings. The van der Waals surface area contributed by atoms with E-state index in [-0.39, 0.29) is 5.91 Å². The molecule has 2 amide bonds. The summed E-state index contributed by atoms with van der Waals surface area (Å²) in [4.78, 5) is 23.6. The number of carbonyl (C=O) groups is 2. The molecule has 0 atom stereocenters. The lowest BCUT2D eigenvalue weighted by Gasteiger charge is -2.11. The fourth-order valence-corrected chi connectivity index (χ4v) is 2.99. The number of benzene rings is 3. The van der Waals surface area contributed by atoms with E-state index in [4.69, 9.17) is 9.94 Å². The van der Waals surface area contributed by atoms with Crippen LogP contribution in [0.15, 0.2) is 84.9 Å². The summed E-state index contributed by atoms with van der Waals surface area (Å²) in [5.74, 6) is -0.106. The van der Waals surface area contributed by atoms with E-state index in [1.54, 1.807) is 35.8 Å². The molecule has 0 radical (unpaired) electrons. The van der Waals surface area contributed by atoms with E-state index in [1.165, 1.54) is 6.08 Å². The summed E-state index contributed by atoms with van der Waals surface area (Å²) in [6.45, 7) is 0.488. The lowest BCUT2D eigenvalue weighted by Crippen LogP contribution is -2.18. The summed E-state index contributed by atoms with van der Waals surface area (Å²) < 4.78 is 5.71. The van der Waals surface area contributed by atoms with E-state index >= 15 is 0 Å². The highest BCUT2D eigenvalue weighted by molar-refractivity contribution is 6.02. The Balaban J connectivity index is 1.49. The zero-order chi connectivity index (χ0) is 21.9. The van der Waals surface area contributed by atoms with Gasteiger partial charge in [0.05, 0.1) is 6.61 Å². The van der Waals surface area contributed by atoms with Gasteiger partial charge in [-0.05, 0) is 60.4 Å². The number of carbonyl (C=O) groups excluding carboxylic acids is 2. The zero-order valence-electron chi connectivity index (χ0n) is 17.0. The van der Waals surface area contributed by atoms with Crippen LogP contribution in [0.25, 0.3) is 6.08 Å². The maximum absolute atomic E-state index is 12.3. The summed E-state index contributed by atoms with van der Waals surface area (Å²) in [6, 6.07) is 23.9. The highest BCUT2D eigenvalue weighted by atomic mass is 16.5. The van der Waals surface area contributed by atoms with Crippen LogP contribution >= 0.6 is 0 Å². The number of hydroxylamine groups is 1. The summed E-state index contributed by atoms with van der Waals surface area (Å²) >= 11 is 0. The van der Waals surface area contributed by atoms with Crippen molar-refractivity contribution in [2.45, 2.75) is 12.8 Å². The lowest BCUT2D eigenvalue weighted by atomic mass is 10.1. The van der Waals surface area contributed by atoms with Crippen LogP contribution in [0.4, 0.5) is 5.69 Å². The smallest absolute Gasteiger partial charge is 0.274 e. The first-order valence-corrected chi connectivity index (χ1v) is 9.95. The molecule has 0 unspecified atom stereocenters. The number of hydrogen-bond acceptors (Lipinski definition) is 4. The molecule has 31 heavy (non-hydrogen) atoms. The maximum atomic E-state index is 12.3. The number of amides is 2. The van der Waals surface area contributed by atoms with E-state index < -0.39 is 5.91 Å². The molecule has 3 aromatic carbocycles. The average molecular weight is 416 g/mol. The molecule has 3 rings (SSSR count). The second-order valence-corrected chi connectivity index (χ2v) is 6.81. The van der Waals surface area contributed by atoms with Gasteiger partial charge in [0.15, 0.2) is 0 Å². The number of aryl methyl sites for hydroxylation is 1. The van der Waals surface area contributed by atoms with Gasteiger partial charge in [0.25, 0.3) is 5.91 Å². The predicted molar refractivity (Wildman–Crippen MR) is 120 cm³/mol. The van der Waals surface area contributed by atoms with Crippen molar-refractivity contribution in [2.24, 2.45) is 0 Å². The van der Waals surface area contributed by atoms with Gasteiger partial charge in [-0.25, -0.2) is 5.48 Å². The molecule has 0 aliphatic rings. The van der Waals surface area contributed by atoms with Gasteiger partial charge >= 0.3 is 0 Å².